The molecule has 162 valence electrons. The van der Waals surface area contributed by atoms with Gasteiger partial charge in [0.25, 0.3) is 0 Å². The van der Waals surface area contributed by atoms with E-state index in [2.05, 4.69) is 62.2 Å². The Kier molecular flexibility index (Phi) is 5.56. The number of anilines is 1. The van der Waals surface area contributed by atoms with Crippen molar-refractivity contribution < 1.29 is 9.21 Å². The normalized spacial score (nSPS) is 17.9. The van der Waals surface area contributed by atoms with E-state index in [1.54, 1.807) is 30.5 Å². The fourth-order valence-electron chi connectivity index (χ4n) is 4.73. The van der Waals surface area contributed by atoms with Gasteiger partial charge in [0.2, 0.25) is 0 Å². The van der Waals surface area contributed by atoms with Crippen LogP contribution in [0.15, 0.2) is 45.9 Å². The molecule has 0 radical (unpaired) electrons. The third kappa shape index (κ3) is 4.07. The lowest BCUT2D eigenvalue weighted by atomic mass is 9.79. The number of carbonyl (C=O) groups is 1. The van der Waals surface area contributed by atoms with Crippen molar-refractivity contribution in [3.8, 4) is 0 Å². The lowest BCUT2D eigenvalue weighted by Crippen LogP contribution is -2.48. The van der Waals surface area contributed by atoms with E-state index in [-0.39, 0.29) is 11.3 Å². The van der Waals surface area contributed by atoms with Crippen LogP contribution in [-0.2, 0) is 0 Å². The van der Waals surface area contributed by atoms with Gasteiger partial charge < -0.3 is 9.32 Å². The molecule has 1 aliphatic heterocycles. The minimum absolute atomic E-state index is 0.133. The molecule has 31 heavy (non-hydrogen) atoms. The molecule has 1 aromatic heterocycles. The Bertz CT molecular complexity index is 1180. The van der Waals surface area contributed by atoms with Crippen LogP contribution in [0, 0.1) is 6.92 Å². The van der Waals surface area contributed by atoms with Gasteiger partial charge in [-0.05, 0) is 93.1 Å². The SMILES string of the molecule is CCN1c2cc(C)c(/C=N/NC(=O)c3cc4cc(Cl)ccc4o3)cc2C(C)CC1(C)C. The summed E-state index contributed by atoms with van der Waals surface area (Å²) in [6.07, 6.45) is 2.80. The van der Waals surface area contributed by atoms with Gasteiger partial charge in [0, 0.05) is 28.2 Å². The molecular formula is C25H28ClN3O2. The quantitative estimate of drug-likeness (QED) is 0.386. The third-order valence-corrected chi connectivity index (χ3v) is 6.40. The van der Waals surface area contributed by atoms with Crippen LogP contribution < -0.4 is 10.3 Å². The number of amides is 1. The largest absolute Gasteiger partial charge is 0.451 e. The summed E-state index contributed by atoms with van der Waals surface area (Å²) >= 11 is 6.00. The molecule has 0 aliphatic carbocycles. The Hall–Kier alpha value is -2.79. The van der Waals surface area contributed by atoms with E-state index in [4.69, 9.17) is 16.0 Å². The number of benzene rings is 2. The Morgan fingerprint density at radius 2 is 2.10 bits per heavy atom. The number of furan rings is 1. The molecule has 2 aromatic carbocycles. The van der Waals surface area contributed by atoms with Crippen molar-refractivity contribution in [2.45, 2.75) is 52.5 Å². The second-order valence-electron chi connectivity index (χ2n) is 8.92. The first kappa shape index (κ1) is 21.4. The molecule has 1 aliphatic rings. The van der Waals surface area contributed by atoms with Crippen LogP contribution in [-0.4, -0.2) is 24.2 Å². The number of hydrogen-bond donors (Lipinski definition) is 1. The molecule has 0 saturated heterocycles. The fraction of sp³-hybridized carbons (Fsp3) is 0.360. The zero-order valence-electron chi connectivity index (χ0n) is 18.6. The topological polar surface area (TPSA) is 57.8 Å². The monoisotopic (exact) mass is 437 g/mol. The summed E-state index contributed by atoms with van der Waals surface area (Å²) in [5, 5.41) is 5.56. The molecule has 0 saturated carbocycles. The number of nitrogens with one attached hydrogen (secondary N) is 1. The number of rotatable bonds is 4. The third-order valence-electron chi connectivity index (χ3n) is 6.16. The van der Waals surface area contributed by atoms with E-state index in [1.165, 1.54) is 11.3 Å². The minimum atomic E-state index is -0.397. The van der Waals surface area contributed by atoms with Gasteiger partial charge in [0.15, 0.2) is 5.76 Å². The number of hydrazone groups is 1. The van der Waals surface area contributed by atoms with Gasteiger partial charge in [0.05, 0.1) is 6.21 Å². The van der Waals surface area contributed by atoms with Gasteiger partial charge in [-0.3, -0.25) is 4.79 Å². The van der Waals surface area contributed by atoms with Crippen LogP contribution in [0.5, 0.6) is 0 Å². The maximum absolute atomic E-state index is 12.5. The van der Waals surface area contributed by atoms with Gasteiger partial charge in [-0.15, -0.1) is 0 Å². The van der Waals surface area contributed by atoms with Crippen LogP contribution in [0.1, 0.15) is 67.3 Å². The smallest absolute Gasteiger partial charge is 0.307 e. The van der Waals surface area contributed by atoms with Crippen molar-refractivity contribution in [2.24, 2.45) is 5.10 Å². The zero-order valence-corrected chi connectivity index (χ0v) is 19.4. The van der Waals surface area contributed by atoms with Crippen LogP contribution in [0.25, 0.3) is 11.0 Å². The zero-order chi connectivity index (χ0) is 22.3. The molecule has 0 spiro atoms. The minimum Gasteiger partial charge on any atom is -0.451 e. The molecule has 1 amide bonds. The van der Waals surface area contributed by atoms with Crippen LogP contribution in [0.2, 0.25) is 5.02 Å². The number of fused-ring (bicyclic) bond motifs is 2. The number of aryl methyl sites for hydroxylation is 1. The summed E-state index contributed by atoms with van der Waals surface area (Å²) in [6.45, 7) is 12.1. The standard InChI is InChI=1S/C25H28ClN3O2/c1-6-29-21-9-15(2)18(11-20(21)16(3)13-25(29,4)5)14-27-28-24(30)23-12-17-10-19(26)7-8-22(17)31-23/h7-12,14,16H,6,13H2,1-5H3,(H,28,30)/b27-14+. The molecule has 1 N–H and O–H groups in total. The first-order valence-electron chi connectivity index (χ1n) is 10.6. The highest BCUT2D eigenvalue weighted by Gasteiger charge is 2.35. The van der Waals surface area contributed by atoms with E-state index < -0.39 is 5.91 Å². The molecule has 0 fully saturated rings. The van der Waals surface area contributed by atoms with E-state index in [0.717, 1.165) is 29.5 Å². The number of halogens is 1. The van der Waals surface area contributed by atoms with Crippen LogP contribution >= 0.6 is 11.6 Å². The fourth-order valence-corrected chi connectivity index (χ4v) is 4.91. The average Bonchev–Trinajstić information content (AvgIpc) is 3.11. The Balaban J connectivity index is 1.55. The number of nitrogens with zero attached hydrogens (tertiary/aromatic N) is 2. The van der Waals surface area contributed by atoms with E-state index in [9.17, 15) is 4.79 Å². The maximum Gasteiger partial charge on any atom is 0.307 e. The highest BCUT2D eigenvalue weighted by Crippen LogP contribution is 2.44. The summed E-state index contributed by atoms with van der Waals surface area (Å²) in [6, 6.07) is 11.3. The summed E-state index contributed by atoms with van der Waals surface area (Å²) in [5.74, 6) is 0.259. The second kappa shape index (κ2) is 8.04. The van der Waals surface area contributed by atoms with Gasteiger partial charge in [-0.25, -0.2) is 5.43 Å². The van der Waals surface area contributed by atoms with Gasteiger partial charge >= 0.3 is 5.91 Å². The molecule has 1 unspecified atom stereocenters. The highest BCUT2D eigenvalue weighted by atomic mass is 35.5. The van der Waals surface area contributed by atoms with Gasteiger partial charge in [-0.2, -0.15) is 5.10 Å². The predicted molar refractivity (Wildman–Crippen MR) is 128 cm³/mol. The lowest BCUT2D eigenvalue weighted by Gasteiger charge is -2.47. The van der Waals surface area contributed by atoms with Crippen molar-refractivity contribution in [1.29, 1.82) is 0 Å². The molecule has 4 rings (SSSR count). The molecule has 0 bridgehead atoms. The van der Waals surface area contributed by atoms with Crippen molar-refractivity contribution in [3.63, 3.8) is 0 Å². The molecular weight excluding hydrogens is 410 g/mol. The molecule has 5 nitrogen and oxygen atoms in total. The average molecular weight is 438 g/mol. The summed E-state index contributed by atoms with van der Waals surface area (Å²) < 4.78 is 5.59. The number of carbonyl (C=O) groups excluding carboxylic acids is 1. The van der Waals surface area contributed by atoms with E-state index >= 15 is 0 Å². The Morgan fingerprint density at radius 1 is 1.32 bits per heavy atom. The van der Waals surface area contributed by atoms with Crippen molar-refractivity contribution in [3.05, 3.63) is 63.9 Å². The van der Waals surface area contributed by atoms with Gasteiger partial charge in [0.1, 0.15) is 5.58 Å². The molecule has 3 aromatic rings. The maximum atomic E-state index is 12.5. The predicted octanol–water partition coefficient (Wildman–Crippen LogP) is 6.27. The second-order valence-corrected chi connectivity index (χ2v) is 9.36. The molecule has 2 heterocycles. The first-order chi connectivity index (χ1) is 14.7. The van der Waals surface area contributed by atoms with Crippen molar-refractivity contribution >= 4 is 40.4 Å². The van der Waals surface area contributed by atoms with Crippen molar-refractivity contribution in [2.75, 3.05) is 11.4 Å². The van der Waals surface area contributed by atoms with Crippen molar-refractivity contribution in [1.82, 2.24) is 5.43 Å². The highest BCUT2D eigenvalue weighted by molar-refractivity contribution is 6.31. The lowest BCUT2D eigenvalue weighted by molar-refractivity contribution is 0.0929. The van der Waals surface area contributed by atoms with Crippen LogP contribution in [0.4, 0.5) is 5.69 Å². The van der Waals surface area contributed by atoms with Gasteiger partial charge in [-0.1, -0.05) is 18.5 Å². The van der Waals surface area contributed by atoms with Crippen LogP contribution in [0.3, 0.4) is 0 Å². The Morgan fingerprint density at radius 3 is 2.84 bits per heavy atom. The van der Waals surface area contributed by atoms with E-state index in [1.807, 2.05) is 0 Å². The molecule has 6 heteroatoms. The Labute approximate surface area is 188 Å². The first-order valence-corrected chi connectivity index (χ1v) is 11.0. The van der Waals surface area contributed by atoms with E-state index in [0.29, 0.717) is 16.5 Å². The number of hydrogen-bond acceptors (Lipinski definition) is 4. The molecule has 1 atom stereocenters. The summed E-state index contributed by atoms with van der Waals surface area (Å²) in [5.41, 5.74) is 8.06. The summed E-state index contributed by atoms with van der Waals surface area (Å²) in [4.78, 5) is 14.9. The summed E-state index contributed by atoms with van der Waals surface area (Å²) in [7, 11) is 0.